The number of H-pyrrole nitrogens is 1. The zero-order valence-electron chi connectivity index (χ0n) is 32.5. The van der Waals surface area contributed by atoms with Crippen molar-refractivity contribution in [3.8, 4) is 0 Å². The molecular weight excluding hydrogens is 836 g/mol. The van der Waals surface area contributed by atoms with Crippen molar-refractivity contribution >= 4 is 58.0 Å². The van der Waals surface area contributed by atoms with Gasteiger partial charge < -0.3 is 38.6 Å². The first-order chi connectivity index (χ1) is 24.9. The number of esters is 2. The number of nitrogens with one attached hydrogen (secondary N) is 2. The van der Waals surface area contributed by atoms with Gasteiger partial charge in [-0.2, -0.15) is 10.2 Å². The summed E-state index contributed by atoms with van der Waals surface area (Å²) in [4.78, 5) is 37.7. The van der Waals surface area contributed by atoms with Gasteiger partial charge in [0.25, 0.3) is 0 Å². The van der Waals surface area contributed by atoms with E-state index in [9.17, 15) is 14.4 Å². The largest absolute Gasteiger partial charge is 0.464 e. The van der Waals surface area contributed by atoms with Crippen LogP contribution < -0.4 is 5.32 Å². The molecule has 4 rings (SSSR count). The van der Waals surface area contributed by atoms with E-state index < -0.39 is 30.8 Å². The average molecular weight is 895 g/mol. The standard InChI is InChI=1S/C23H40BrN3O6Si.C12H18BrN3O3/c1-8-31-20(28)16-32-23(9-11-26(12-10-23)21(29)33-22(2,3)4)18-15-19(24)27(25-18)17-30-13-14-34(5,6)7;1-2-18-11(17)8-19-12(3-5-14-6-4-12)9-7-10(13)16-15-9/h15H,8-14,16-17H2,1-7H3;7,14H,2-6,8H2,1H3,(H,15,16). The third-order valence-electron chi connectivity index (χ3n) is 8.60. The van der Waals surface area contributed by atoms with Crippen LogP contribution in [0.3, 0.4) is 0 Å². The summed E-state index contributed by atoms with van der Waals surface area (Å²) in [5.41, 5.74) is -0.380. The van der Waals surface area contributed by atoms with E-state index >= 15 is 0 Å². The van der Waals surface area contributed by atoms with E-state index in [1.54, 1.807) is 23.4 Å². The number of carbonyl (C=O) groups is 3. The van der Waals surface area contributed by atoms with E-state index in [0.29, 0.717) is 51.6 Å². The van der Waals surface area contributed by atoms with Crippen molar-refractivity contribution in [3.05, 3.63) is 32.7 Å². The number of nitrogens with zero attached hydrogens (tertiary/aromatic N) is 4. The molecule has 0 aromatic carbocycles. The van der Waals surface area contributed by atoms with Crippen LogP contribution >= 0.6 is 31.9 Å². The normalized spacial score (nSPS) is 17.1. The molecule has 0 atom stereocenters. The second kappa shape index (κ2) is 20.5. The first-order valence-electron chi connectivity index (χ1n) is 18.2. The van der Waals surface area contributed by atoms with Crippen molar-refractivity contribution in [1.82, 2.24) is 30.2 Å². The number of rotatable bonds is 15. The molecule has 2 aromatic heterocycles. The van der Waals surface area contributed by atoms with Crippen LogP contribution in [0.25, 0.3) is 0 Å². The average Bonchev–Trinajstić information content (AvgIpc) is 3.70. The molecule has 53 heavy (non-hydrogen) atoms. The van der Waals surface area contributed by atoms with Crippen LogP contribution in [-0.2, 0) is 55.9 Å². The number of halogens is 2. The maximum absolute atomic E-state index is 12.5. The number of hydrogen-bond acceptors (Lipinski definition) is 12. The fraction of sp³-hybridized carbons (Fsp3) is 0.743. The van der Waals surface area contributed by atoms with E-state index in [-0.39, 0.29) is 31.9 Å². The molecule has 2 N–H and O–H groups in total. The maximum atomic E-state index is 12.5. The predicted molar refractivity (Wildman–Crippen MR) is 208 cm³/mol. The predicted octanol–water partition coefficient (Wildman–Crippen LogP) is 6.09. The summed E-state index contributed by atoms with van der Waals surface area (Å²) in [6.45, 7) is 20.0. The van der Waals surface area contributed by atoms with Gasteiger partial charge in [0.15, 0.2) is 0 Å². The minimum Gasteiger partial charge on any atom is -0.464 e. The molecule has 300 valence electrons. The van der Waals surface area contributed by atoms with Gasteiger partial charge in [-0.15, -0.1) is 0 Å². The van der Waals surface area contributed by atoms with Crippen molar-refractivity contribution < 1.29 is 42.8 Å². The van der Waals surface area contributed by atoms with Gasteiger partial charge in [0.05, 0.1) is 24.6 Å². The Morgan fingerprint density at radius 3 is 1.94 bits per heavy atom. The van der Waals surface area contributed by atoms with E-state index in [0.717, 1.165) is 46.9 Å². The van der Waals surface area contributed by atoms with E-state index in [2.05, 4.69) is 67.0 Å². The quantitative estimate of drug-likeness (QED) is 0.0915. The Balaban J connectivity index is 0.000000334. The molecule has 2 aliphatic heterocycles. The molecule has 0 bridgehead atoms. The summed E-state index contributed by atoms with van der Waals surface area (Å²) >= 11 is 6.92. The maximum Gasteiger partial charge on any atom is 0.410 e. The van der Waals surface area contributed by atoms with Gasteiger partial charge in [-0.25, -0.2) is 19.1 Å². The number of amides is 1. The van der Waals surface area contributed by atoms with E-state index in [1.165, 1.54) is 0 Å². The van der Waals surface area contributed by atoms with Crippen LogP contribution in [0.1, 0.15) is 71.7 Å². The Morgan fingerprint density at radius 1 is 0.887 bits per heavy atom. The minimum absolute atomic E-state index is 0.0433. The summed E-state index contributed by atoms with van der Waals surface area (Å²) in [5.74, 6) is -0.764. The van der Waals surface area contributed by atoms with Crippen molar-refractivity contribution in [2.45, 2.75) is 110 Å². The number of aromatic amines is 1. The number of hydrogen-bond donors (Lipinski definition) is 2. The van der Waals surface area contributed by atoms with Crippen LogP contribution in [0, 0.1) is 0 Å². The SMILES string of the molecule is CCOC(=O)COC1(c2cc(Br)[nH]n2)CCNCC1.CCOC(=O)COC1(c2cc(Br)n(COCC[Si](C)(C)C)n2)CCN(C(=O)OC(C)(C)C)CC1. The number of likely N-dealkylation sites (tertiary alicyclic amines) is 1. The van der Waals surface area contributed by atoms with Crippen molar-refractivity contribution in [2.75, 3.05) is 59.2 Å². The van der Waals surface area contributed by atoms with Crippen LogP contribution in [0.15, 0.2) is 21.3 Å². The Hall–Kier alpha value is -2.35. The molecular formula is C35H58Br2N6O9Si. The molecule has 2 aromatic rings. The summed E-state index contributed by atoms with van der Waals surface area (Å²) in [6.07, 6.45) is 2.17. The summed E-state index contributed by atoms with van der Waals surface area (Å²) in [5, 5.41) is 15.1. The molecule has 4 heterocycles. The molecule has 0 radical (unpaired) electrons. The Kier molecular flexibility index (Phi) is 17.4. The highest BCUT2D eigenvalue weighted by Crippen LogP contribution is 2.38. The molecule has 2 saturated heterocycles. The number of aromatic nitrogens is 4. The molecule has 18 heteroatoms. The second-order valence-corrected chi connectivity index (χ2v) is 22.5. The Morgan fingerprint density at radius 2 is 1.45 bits per heavy atom. The third-order valence-corrected chi connectivity index (χ3v) is 11.3. The van der Waals surface area contributed by atoms with Crippen molar-refractivity contribution in [1.29, 1.82) is 0 Å². The van der Waals surface area contributed by atoms with Gasteiger partial charge in [0.2, 0.25) is 0 Å². The Bertz CT molecular complexity index is 1460. The zero-order chi connectivity index (χ0) is 39.3. The lowest BCUT2D eigenvalue weighted by molar-refractivity contribution is -0.161. The highest BCUT2D eigenvalue weighted by Gasteiger charge is 2.42. The van der Waals surface area contributed by atoms with Gasteiger partial charge in [-0.3, -0.25) is 5.10 Å². The smallest absolute Gasteiger partial charge is 0.410 e. The molecule has 0 spiro atoms. The van der Waals surface area contributed by atoms with E-state index in [4.69, 9.17) is 33.5 Å². The molecule has 0 saturated carbocycles. The van der Waals surface area contributed by atoms with Gasteiger partial charge in [0, 0.05) is 40.6 Å². The first-order valence-corrected chi connectivity index (χ1v) is 23.5. The molecule has 2 aliphatic rings. The summed E-state index contributed by atoms with van der Waals surface area (Å²) in [7, 11) is -1.17. The lowest BCUT2D eigenvalue weighted by atomic mass is 9.88. The lowest BCUT2D eigenvalue weighted by Gasteiger charge is -2.40. The summed E-state index contributed by atoms with van der Waals surface area (Å²) < 4.78 is 36.7. The van der Waals surface area contributed by atoms with Crippen LogP contribution in [-0.4, -0.2) is 116 Å². The van der Waals surface area contributed by atoms with Gasteiger partial charge in [0.1, 0.15) is 46.0 Å². The third kappa shape index (κ3) is 14.7. The zero-order valence-corrected chi connectivity index (χ0v) is 36.7. The van der Waals surface area contributed by atoms with Gasteiger partial charge in [-0.05, 0) is 111 Å². The molecule has 0 aliphatic carbocycles. The first kappa shape index (κ1) is 45.0. The molecule has 0 unspecified atom stereocenters. The second-order valence-electron chi connectivity index (χ2n) is 15.2. The van der Waals surface area contributed by atoms with E-state index in [1.807, 2.05) is 32.9 Å². The highest BCUT2D eigenvalue weighted by molar-refractivity contribution is 9.10. The van der Waals surface area contributed by atoms with Gasteiger partial charge >= 0.3 is 18.0 Å². The number of ether oxygens (including phenoxy) is 6. The topological polar surface area (TPSA) is 168 Å². The fourth-order valence-corrected chi connectivity index (χ4v) is 7.18. The van der Waals surface area contributed by atoms with Gasteiger partial charge in [-0.1, -0.05) is 19.6 Å². The van der Waals surface area contributed by atoms with Crippen molar-refractivity contribution in [3.63, 3.8) is 0 Å². The fourth-order valence-electron chi connectivity index (χ4n) is 5.72. The molecule has 2 fully saturated rings. The summed E-state index contributed by atoms with van der Waals surface area (Å²) in [6, 6.07) is 4.87. The minimum atomic E-state index is -1.17. The van der Waals surface area contributed by atoms with Crippen LogP contribution in [0.5, 0.6) is 0 Å². The van der Waals surface area contributed by atoms with Crippen LogP contribution in [0.4, 0.5) is 4.79 Å². The van der Waals surface area contributed by atoms with Crippen LogP contribution in [0.2, 0.25) is 25.7 Å². The Labute approximate surface area is 331 Å². The number of piperidine rings is 2. The molecule has 15 nitrogen and oxygen atoms in total. The highest BCUT2D eigenvalue weighted by atomic mass is 79.9. The van der Waals surface area contributed by atoms with Crippen molar-refractivity contribution in [2.24, 2.45) is 0 Å². The number of carbonyl (C=O) groups excluding carboxylic acids is 3. The lowest BCUT2D eigenvalue weighted by Crippen LogP contribution is -2.48. The monoisotopic (exact) mass is 892 g/mol. The molecule has 1 amide bonds.